The predicted octanol–water partition coefficient (Wildman–Crippen LogP) is 3.82. The molecule has 0 aliphatic carbocycles. The highest BCUT2D eigenvalue weighted by Gasteiger charge is 2.03. The monoisotopic (exact) mass is 291 g/mol. The number of hydrogen-bond donors (Lipinski definition) is 0. The van der Waals surface area contributed by atoms with Crippen LogP contribution in [0.15, 0.2) is 26.6 Å². The van der Waals surface area contributed by atoms with Crippen LogP contribution in [-0.2, 0) is 0 Å². The molecule has 0 spiro atoms. The molecule has 0 aromatic carbocycles. The lowest BCUT2D eigenvalue weighted by atomic mass is 10.4. The average Bonchev–Trinajstić information content (AvgIpc) is 2.45. The summed E-state index contributed by atoms with van der Waals surface area (Å²) in [6.45, 7) is 0. The maximum absolute atomic E-state index is 4.24. The Bertz CT molecular complexity index is 396. The van der Waals surface area contributed by atoms with Crippen molar-refractivity contribution in [1.29, 1.82) is 0 Å². The lowest BCUT2D eigenvalue weighted by Crippen LogP contribution is -1.74. The van der Waals surface area contributed by atoms with E-state index in [0.29, 0.717) is 0 Å². The molecule has 2 aromatic heterocycles. The lowest BCUT2D eigenvalue weighted by molar-refractivity contribution is 1.39. The normalized spacial score (nSPS) is 10.7. The minimum absolute atomic E-state index is 1.01. The van der Waals surface area contributed by atoms with Gasteiger partial charge in [0, 0.05) is 6.20 Å². The third-order valence-electron chi connectivity index (χ3n) is 1.37. The maximum Gasteiger partial charge on any atom is 0.0822 e. The second-order valence-corrected chi connectivity index (χ2v) is 4.62. The summed E-state index contributed by atoms with van der Waals surface area (Å²) >= 11 is 8.57. The van der Waals surface area contributed by atoms with E-state index in [1.54, 1.807) is 17.5 Å². The van der Waals surface area contributed by atoms with Crippen LogP contribution in [-0.4, -0.2) is 4.98 Å². The number of aromatic nitrogens is 1. The molecule has 2 aromatic rings. The Balaban J connectivity index is 2.93. The highest BCUT2D eigenvalue weighted by Crippen LogP contribution is 2.32. The van der Waals surface area contributed by atoms with Crippen LogP contribution in [0, 0.1) is 0 Å². The molecule has 2 heterocycles. The molecule has 0 unspecified atom stereocenters. The zero-order valence-electron chi connectivity index (χ0n) is 5.34. The molecule has 0 saturated carbocycles. The molecule has 0 aliphatic heterocycles. The molecule has 0 aliphatic rings. The number of hydrogen-bond acceptors (Lipinski definition) is 2. The Morgan fingerprint density at radius 1 is 1.36 bits per heavy atom. The minimum Gasteiger partial charge on any atom is -0.254 e. The molecular weight excluding hydrogens is 290 g/mol. The first-order chi connectivity index (χ1) is 5.29. The van der Waals surface area contributed by atoms with Crippen molar-refractivity contribution >= 4 is 53.4 Å². The minimum atomic E-state index is 1.01. The predicted molar refractivity (Wildman–Crippen MR) is 55.0 cm³/mol. The van der Waals surface area contributed by atoms with Crippen molar-refractivity contribution in [2.45, 2.75) is 0 Å². The summed E-state index contributed by atoms with van der Waals surface area (Å²) in [6, 6.07) is 2.01. The zero-order chi connectivity index (χ0) is 7.84. The second-order valence-electron chi connectivity index (χ2n) is 2.06. The van der Waals surface area contributed by atoms with Gasteiger partial charge in [0.15, 0.2) is 0 Å². The van der Waals surface area contributed by atoms with E-state index in [-0.39, 0.29) is 0 Å². The number of fused-ring (bicyclic) bond motifs is 1. The first-order valence-electron chi connectivity index (χ1n) is 2.96. The molecule has 11 heavy (non-hydrogen) atoms. The van der Waals surface area contributed by atoms with Crippen molar-refractivity contribution in [3.05, 3.63) is 26.6 Å². The van der Waals surface area contributed by atoms with Crippen LogP contribution in [0.1, 0.15) is 0 Å². The van der Waals surface area contributed by atoms with Gasteiger partial charge in [-0.25, -0.2) is 0 Å². The second kappa shape index (κ2) is 2.84. The van der Waals surface area contributed by atoms with E-state index >= 15 is 0 Å². The number of pyridine rings is 1. The fraction of sp³-hybridized carbons (Fsp3) is 0. The molecule has 2 rings (SSSR count). The van der Waals surface area contributed by atoms with Gasteiger partial charge < -0.3 is 0 Å². The van der Waals surface area contributed by atoms with Gasteiger partial charge >= 0.3 is 0 Å². The molecule has 4 heteroatoms. The number of nitrogens with zero attached hydrogens (tertiary/aromatic N) is 1. The third-order valence-corrected chi connectivity index (χ3v) is 4.51. The topological polar surface area (TPSA) is 12.9 Å². The molecular formula is C7H3Br2NS. The molecule has 0 fully saturated rings. The summed E-state index contributed by atoms with van der Waals surface area (Å²) in [5.41, 5.74) is 1.05. The van der Waals surface area contributed by atoms with Gasteiger partial charge in [0.2, 0.25) is 0 Å². The quantitative estimate of drug-likeness (QED) is 0.719. The van der Waals surface area contributed by atoms with E-state index in [1.807, 2.05) is 11.4 Å². The summed E-state index contributed by atoms with van der Waals surface area (Å²) in [7, 11) is 0. The van der Waals surface area contributed by atoms with Crippen molar-refractivity contribution in [2.75, 3.05) is 0 Å². The fourth-order valence-electron chi connectivity index (χ4n) is 0.860. The van der Waals surface area contributed by atoms with Gasteiger partial charge in [0.05, 0.1) is 19.2 Å². The largest absolute Gasteiger partial charge is 0.254 e. The van der Waals surface area contributed by atoms with Crippen LogP contribution in [0.5, 0.6) is 0 Å². The molecule has 0 radical (unpaired) electrons. The Labute approximate surface area is 84.7 Å². The van der Waals surface area contributed by atoms with E-state index in [9.17, 15) is 0 Å². The SMILES string of the molecule is Brc1cnc2ccsc2c1Br. The van der Waals surface area contributed by atoms with E-state index < -0.39 is 0 Å². The Morgan fingerprint density at radius 3 is 3.00 bits per heavy atom. The van der Waals surface area contributed by atoms with Gasteiger partial charge in [-0.15, -0.1) is 11.3 Å². The summed E-state index contributed by atoms with van der Waals surface area (Å²) in [6.07, 6.45) is 1.80. The average molecular weight is 293 g/mol. The van der Waals surface area contributed by atoms with Crippen LogP contribution in [0.3, 0.4) is 0 Å². The van der Waals surface area contributed by atoms with Crippen molar-refractivity contribution in [2.24, 2.45) is 0 Å². The summed E-state index contributed by atoms with van der Waals surface area (Å²) in [4.78, 5) is 4.24. The first-order valence-corrected chi connectivity index (χ1v) is 5.43. The first kappa shape index (κ1) is 7.71. The fourth-order valence-corrected chi connectivity index (χ4v) is 2.67. The van der Waals surface area contributed by atoms with Gasteiger partial charge in [0.1, 0.15) is 0 Å². The highest BCUT2D eigenvalue weighted by molar-refractivity contribution is 9.13. The summed E-state index contributed by atoms with van der Waals surface area (Å²) in [5.74, 6) is 0. The van der Waals surface area contributed by atoms with E-state index in [4.69, 9.17) is 0 Å². The van der Waals surface area contributed by atoms with Crippen LogP contribution in [0.25, 0.3) is 10.2 Å². The van der Waals surface area contributed by atoms with Crippen LogP contribution in [0.2, 0.25) is 0 Å². The van der Waals surface area contributed by atoms with Gasteiger partial charge in [-0.2, -0.15) is 0 Å². The molecule has 1 nitrogen and oxygen atoms in total. The van der Waals surface area contributed by atoms with Gasteiger partial charge in [-0.05, 0) is 43.3 Å². The zero-order valence-corrected chi connectivity index (χ0v) is 9.33. The van der Waals surface area contributed by atoms with Crippen molar-refractivity contribution < 1.29 is 0 Å². The molecule has 0 saturated heterocycles. The Morgan fingerprint density at radius 2 is 2.18 bits per heavy atom. The molecule has 0 bridgehead atoms. The Kier molecular flexibility index (Phi) is 1.99. The standard InChI is InChI=1S/C7H3Br2NS/c8-4-3-10-5-1-2-11-7(5)6(4)9/h1-3H. The maximum atomic E-state index is 4.24. The molecule has 0 atom stereocenters. The molecule has 0 amide bonds. The highest BCUT2D eigenvalue weighted by atomic mass is 79.9. The number of rotatable bonds is 0. The molecule has 56 valence electrons. The number of thiophene rings is 1. The van der Waals surface area contributed by atoms with Crippen LogP contribution in [0.4, 0.5) is 0 Å². The lowest BCUT2D eigenvalue weighted by Gasteiger charge is -1.94. The third kappa shape index (κ3) is 1.23. The van der Waals surface area contributed by atoms with Crippen LogP contribution >= 0.6 is 43.2 Å². The van der Waals surface area contributed by atoms with Crippen LogP contribution < -0.4 is 0 Å². The van der Waals surface area contributed by atoms with Gasteiger partial charge in [0.25, 0.3) is 0 Å². The van der Waals surface area contributed by atoms with E-state index in [1.165, 1.54) is 4.70 Å². The number of halogens is 2. The van der Waals surface area contributed by atoms with E-state index in [0.717, 1.165) is 14.5 Å². The van der Waals surface area contributed by atoms with Crippen molar-refractivity contribution in [1.82, 2.24) is 4.98 Å². The van der Waals surface area contributed by atoms with Gasteiger partial charge in [-0.3, -0.25) is 4.98 Å². The van der Waals surface area contributed by atoms with Crippen molar-refractivity contribution in [3.8, 4) is 0 Å². The van der Waals surface area contributed by atoms with E-state index in [2.05, 4.69) is 36.8 Å². The van der Waals surface area contributed by atoms with Gasteiger partial charge in [-0.1, -0.05) is 0 Å². The summed E-state index contributed by atoms with van der Waals surface area (Å²) in [5, 5.41) is 2.04. The smallest absolute Gasteiger partial charge is 0.0822 e. The summed E-state index contributed by atoms with van der Waals surface area (Å²) < 4.78 is 3.30. The van der Waals surface area contributed by atoms with Crippen molar-refractivity contribution in [3.63, 3.8) is 0 Å². The molecule has 0 N–H and O–H groups in total. The Hall–Kier alpha value is 0.0700.